The van der Waals surface area contributed by atoms with Crippen molar-refractivity contribution < 1.29 is 4.79 Å². The first-order chi connectivity index (χ1) is 13.1. The summed E-state index contributed by atoms with van der Waals surface area (Å²) in [6.45, 7) is 9.62. The monoisotopic (exact) mass is 371 g/mol. The topological polar surface area (TPSA) is 52.6 Å². The highest BCUT2D eigenvalue weighted by atomic mass is 16.2. The fourth-order valence-electron chi connectivity index (χ4n) is 5.05. The maximum atomic E-state index is 13.1. The summed E-state index contributed by atoms with van der Waals surface area (Å²) in [5, 5.41) is 0. The van der Waals surface area contributed by atoms with Gasteiger partial charge in [0.05, 0.1) is 5.92 Å². The van der Waals surface area contributed by atoms with Crippen LogP contribution < -0.4 is 4.90 Å². The largest absolute Gasteiger partial charge is 0.353 e. The van der Waals surface area contributed by atoms with Gasteiger partial charge in [-0.25, -0.2) is 9.97 Å². The molecule has 6 nitrogen and oxygen atoms in total. The second kappa shape index (κ2) is 8.13. The Bertz CT molecular complexity index is 665. The van der Waals surface area contributed by atoms with E-state index >= 15 is 0 Å². The maximum Gasteiger partial charge on any atom is 0.227 e. The first kappa shape index (κ1) is 18.7. The maximum absolute atomic E-state index is 13.1. The van der Waals surface area contributed by atoms with Crippen molar-refractivity contribution in [1.82, 2.24) is 19.8 Å². The number of carbonyl (C=O) groups excluding carboxylic acids is 1. The molecule has 1 aromatic rings. The van der Waals surface area contributed by atoms with Gasteiger partial charge < -0.3 is 9.80 Å². The van der Waals surface area contributed by atoms with E-state index in [1.165, 1.54) is 38.6 Å². The van der Waals surface area contributed by atoms with Crippen LogP contribution in [0.5, 0.6) is 0 Å². The van der Waals surface area contributed by atoms with Crippen molar-refractivity contribution in [2.75, 3.05) is 44.2 Å². The Kier molecular flexibility index (Phi) is 5.62. The Hall–Kier alpha value is -1.69. The first-order valence-corrected chi connectivity index (χ1v) is 10.7. The summed E-state index contributed by atoms with van der Waals surface area (Å²) >= 11 is 0. The molecule has 0 aromatic carbocycles. The van der Waals surface area contributed by atoms with Crippen molar-refractivity contribution >= 4 is 11.7 Å². The van der Waals surface area contributed by atoms with Crippen LogP contribution in [0.2, 0.25) is 0 Å². The number of aryl methyl sites for hydroxylation is 1. The summed E-state index contributed by atoms with van der Waals surface area (Å²) < 4.78 is 0. The van der Waals surface area contributed by atoms with Gasteiger partial charge in [-0.15, -0.1) is 0 Å². The highest BCUT2D eigenvalue weighted by Crippen LogP contribution is 2.29. The van der Waals surface area contributed by atoms with E-state index in [0.29, 0.717) is 5.91 Å². The lowest BCUT2D eigenvalue weighted by Crippen LogP contribution is -2.53. The highest BCUT2D eigenvalue weighted by Gasteiger charge is 2.34. The van der Waals surface area contributed by atoms with E-state index in [1.807, 2.05) is 6.92 Å². The molecule has 1 aliphatic carbocycles. The minimum atomic E-state index is 0.203. The third-order valence-electron chi connectivity index (χ3n) is 6.84. The number of nitrogens with zero attached hydrogens (tertiary/aromatic N) is 5. The quantitative estimate of drug-likeness (QED) is 0.817. The molecule has 0 spiro atoms. The molecule has 0 radical (unpaired) electrons. The van der Waals surface area contributed by atoms with Crippen molar-refractivity contribution in [3.05, 3.63) is 17.6 Å². The van der Waals surface area contributed by atoms with E-state index in [9.17, 15) is 4.79 Å². The molecule has 3 aliphatic rings. The molecule has 1 saturated carbocycles. The van der Waals surface area contributed by atoms with Crippen LogP contribution in [0.4, 0.5) is 5.82 Å². The molecular weight excluding hydrogens is 338 g/mol. The lowest BCUT2D eigenvalue weighted by molar-refractivity contribution is -0.138. The van der Waals surface area contributed by atoms with Crippen molar-refractivity contribution in [1.29, 1.82) is 0 Å². The van der Waals surface area contributed by atoms with Crippen LogP contribution in [-0.4, -0.2) is 71.0 Å². The Morgan fingerprint density at radius 2 is 1.70 bits per heavy atom. The average Bonchev–Trinajstić information content (AvgIpc) is 3.25. The average molecular weight is 372 g/mol. The van der Waals surface area contributed by atoms with Crippen LogP contribution in [0, 0.1) is 19.8 Å². The zero-order valence-corrected chi connectivity index (χ0v) is 16.9. The molecule has 27 heavy (non-hydrogen) atoms. The molecule has 2 saturated heterocycles. The van der Waals surface area contributed by atoms with Gasteiger partial charge in [-0.1, -0.05) is 12.8 Å². The summed E-state index contributed by atoms with van der Waals surface area (Å²) in [5.41, 5.74) is 2.18. The summed E-state index contributed by atoms with van der Waals surface area (Å²) in [4.78, 5) is 28.9. The van der Waals surface area contributed by atoms with Gasteiger partial charge in [-0.2, -0.15) is 0 Å². The van der Waals surface area contributed by atoms with Crippen molar-refractivity contribution in [2.45, 2.75) is 58.4 Å². The van der Waals surface area contributed by atoms with Gasteiger partial charge in [0.1, 0.15) is 12.1 Å². The second-order valence-electron chi connectivity index (χ2n) is 8.49. The number of hydrogen-bond donors (Lipinski definition) is 0. The minimum Gasteiger partial charge on any atom is -0.353 e. The number of hydrogen-bond acceptors (Lipinski definition) is 5. The lowest BCUT2D eigenvalue weighted by atomic mass is 9.94. The molecule has 6 heteroatoms. The van der Waals surface area contributed by atoms with Crippen LogP contribution >= 0.6 is 0 Å². The lowest BCUT2D eigenvalue weighted by Gasteiger charge is -2.41. The van der Waals surface area contributed by atoms with E-state index in [0.717, 1.165) is 62.3 Å². The molecule has 4 rings (SSSR count). The van der Waals surface area contributed by atoms with Gasteiger partial charge in [0.15, 0.2) is 0 Å². The molecule has 1 unspecified atom stereocenters. The predicted molar refractivity (Wildman–Crippen MR) is 107 cm³/mol. The van der Waals surface area contributed by atoms with Gasteiger partial charge in [0.2, 0.25) is 5.91 Å². The number of likely N-dealkylation sites (tertiary alicyclic amines) is 1. The number of anilines is 1. The van der Waals surface area contributed by atoms with Gasteiger partial charge in [0.25, 0.3) is 0 Å². The Balaban J connectivity index is 1.33. The third-order valence-corrected chi connectivity index (χ3v) is 6.84. The van der Waals surface area contributed by atoms with E-state index in [-0.39, 0.29) is 5.92 Å². The predicted octanol–water partition coefficient (Wildman–Crippen LogP) is 2.40. The standard InChI is InChI=1S/C21H33N5O/c1-16-17(2)22-15-23-20(16)24-10-12-25(13-11-24)21(27)18-6-5-9-26(14-18)19-7-3-4-8-19/h15,18-19H,3-14H2,1-2H3. The van der Waals surface area contributed by atoms with Gasteiger partial charge in [-0.3, -0.25) is 9.69 Å². The van der Waals surface area contributed by atoms with E-state index < -0.39 is 0 Å². The fraction of sp³-hybridized carbons (Fsp3) is 0.762. The normalized spacial score (nSPS) is 25.2. The first-order valence-electron chi connectivity index (χ1n) is 10.7. The van der Waals surface area contributed by atoms with Crippen LogP contribution in [0.1, 0.15) is 49.8 Å². The molecule has 1 aromatic heterocycles. The van der Waals surface area contributed by atoms with Gasteiger partial charge in [-0.05, 0) is 46.1 Å². The van der Waals surface area contributed by atoms with Crippen LogP contribution in [0.3, 0.4) is 0 Å². The fourth-order valence-corrected chi connectivity index (χ4v) is 5.05. The summed E-state index contributed by atoms with van der Waals surface area (Å²) in [5.74, 6) is 1.61. The number of rotatable bonds is 3. The summed E-state index contributed by atoms with van der Waals surface area (Å²) in [6.07, 6.45) is 9.27. The Morgan fingerprint density at radius 3 is 2.44 bits per heavy atom. The van der Waals surface area contributed by atoms with Crippen molar-refractivity contribution in [2.24, 2.45) is 5.92 Å². The summed E-state index contributed by atoms with van der Waals surface area (Å²) in [6, 6.07) is 0.737. The Labute approximate surface area is 162 Å². The minimum absolute atomic E-state index is 0.203. The molecule has 148 valence electrons. The smallest absolute Gasteiger partial charge is 0.227 e. The Morgan fingerprint density at radius 1 is 0.963 bits per heavy atom. The van der Waals surface area contributed by atoms with Crippen LogP contribution in [0.15, 0.2) is 6.33 Å². The number of piperidine rings is 1. The third kappa shape index (κ3) is 3.96. The number of carbonyl (C=O) groups is 1. The molecule has 0 N–H and O–H groups in total. The zero-order valence-electron chi connectivity index (χ0n) is 16.9. The van der Waals surface area contributed by atoms with Crippen LogP contribution in [0.25, 0.3) is 0 Å². The molecule has 1 atom stereocenters. The summed E-state index contributed by atoms with van der Waals surface area (Å²) in [7, 11) is 0. The highest BCUT2D eigenvalue weighted by molar-refractivity contribution is 5.79. The SMILES string of the molecule is Cc1ncnc(N2CCN(C(=O)C3CCCN(C4CCCC4)C3)CC2)c1C. The molecule has 1 amide bonds. The number of amides is 1. The van der Waals surface area contributed by atoms with E-state index in [4.69, 9.17) is 0 Å². The number of piperazine rings is 1. The second-order valence-corrected chi connectivity index (χ2v) is 8.49. The molecular formula is C21H33N5O. The van der Waals surface area contributed by atoms with Crippen molar-refractivity contribution in [3.8, 4) is 0 Å². The van der Waals surface area contributed by atoms with Crippen molar-refractivity contribution in [3.63, 3.8) is 0 Å². The van der Waals surface area contributed by atoms with E-state index in [1.54, 1.807) is 6.33 Å². The van der Waals surface area contributed by atoms with Gasteiger partial charge >= 0.3 is 0 Å². The molecule has 3 fully saturated rings. The zero-order chi connectivity index (χ0) is 18.8. The molecule has 2 aliphatic heterocycles. The molecule has 3 heterocycles. The van der Waals surface area contributed by atoms with Gasteiger partial charge in [0, 0.05) is 50.0 Å². The number of aromatic nitrogens is 2. The van der Waals surface area contributed by atoms with Crippen LogP contribution in [-0.2, 0) is 4.79 Å². The van der Waals surface area contributed by atoms with E-state index in [2.05, 4.69) is 31.6 Å². The molecule has 0 bridgehead atoms.